The molecular weight excluding hydrogens is 259 g/mol. The molecule has 0 radical (unpaired) electrons. The maximum Gasteiger partial charge on any atom is 0.250 e. The highest BCUT2D eigenvalue weighted by atomic mass is 35.5. The van der Waals surface area contributed by atoms with Crippen LogP contribution in [0.15, 0.2) is 18.2 Å². The van der Waals surface area contributed by atoms with Gasteiger partial charge in [-0.25, -0.2) is 4.39 Å². The SMILES string of the molecule is CCC1NC(=O)CN(c2ccc(Cl)cc2F)C1=O. The van der Waals surface area contributed by atoms with E-state index in [0.717, 1.165) is 11.0 Å². The van der Waals surface area contributed by atoms with E-state index >= 15 is 0 Å². The maximum absolute atomic E-state index is 13.8. The fourth-order valence-corrected chi connectivity index (χ4v) is 2.05. The van der Waals surface area contributed by atoms with Gasteiger partial charge in [0.25, 0.3) is 0 Å². The molecule has 96 valence electrons. The summed E-state index contributed by atoms with van der Waals surface area (Å²) in [6, 6.07) is 3.42. The highest BCUT2D eigenvalue weighted by Gasteiger charge is 2.33. The average molecular weight is 271 g/mol. The van der Waals surface area contributed by atoms with Gasteiger partial charge in [-0.15, -0.1) is 0 Å². The minimum absolute atomic E-state index is 0.0812. The van der Waals surface area contributed by atoms with Crippen LogP contribution in [-0.2, 0) is 9.59 Å². The number of amides is 2. The van der Waals surface area contributed by atoms with Gasteiger partial charge in [-0.05, 0) is 24.6 Å². The number of nitrogens with one attached hydrogen (secondary N) is 1. The number of anilines is 1. The van der Waals surface area contributed by atoms with E-state index in [-0.39, 0.29) is 29.1 Å². The molecule has 18 heavy (non-hydrogen) atoms. The monoisotopic (exact) mass is 270 g/mol. The normalized spacial score (nSPS) is 19.9. The molecule has 1 aromatic carbocycles. The molecule has 1 N–H and O–H groups in total. The minimum atomic E-state index is -0.611. The molecule has 0 aromatic heterocycles. The number of hydrogen-bond donors (Lipinski definition) is 1. The first-order valence-corrected chi connectivity index (χ1v) is 5.96. The molecule has 0 bridgehead atoms. The molecule has 1 heterocycles. The molecule has 2 amide bonds. The third-order valence-corrected chi connectivity index (χ3v) is 3.04. The van der Waals surface area contributed by atoms with Crippen molar-refractivity contribution in [2.24, 2.45) is 0 Å². The standard InChI is InChI=1S/C12H12ClFN2O2/c1-2-9-12(18)16(6-11(17)15-9)10-4-3-7(13)5-8(10)14/h3-5,9H,2,6H2,1H3,(H,15,17). The maximum atomic E-state index is 13.8. The van der Waals surface area contributed by atoms with E-state index in [1.54, 1.807) is 6.92 Å². The van der Waals surface area contributed by atoms with E-state index in [1.807, 2.05) is 0 Å². The number of rotatable bonds is 2. The van der Waals surface area contributed by atoms with Gasteiger partial charge in [0.15, 0.2) is 0 Å². The first-order chi connectivity index (χ1) is 8.52. The summed E-state index contributed by atoms with van der Waals surface area (Å²) >= 11 is 5.65. The summed E-state index contributed by atoms with van der Waals surface area (Å²) in [5.74, 6) is -1.21. The predicted molar refractivity (Wildman–Crippen MR) is 66.0 cm³/mol. The summed E-state index contributed by atoms with van der Waals surface area (Å²) in [5.41, 5.74) is 0.0812. The molecule has 1 aliphatic heterocycles. The number of nitrogens with zero attached hydrogens (tertiary/aromatic N) is 1. The van der Waals surface area contributed by atoms with Crippen molar-refractivity contribution in [1.82, 2.24) is 5.32 Å². The van der Waals surface area contributed by atoms with E-state index in [0.29, 0.717) is 6.42 Å². The van der Waals surface area contributed by atoms with Crippen molar-refractivity contribution in [3.8, 4) is 0 Å². The lowest BCUT2D eigenvalue weighted by Gasteiger charge is -2.32. The van der Waals surface area contributed by atoms with Crippen LogP contribution >= 0.6 is 11.6 Å². The van der Waals surface area contributed by atoms with Gasteiger partial charge in [0.2, 0.25) is 11.8 Å². The number of carbonyl (C=O) groups excluding carboxylic acids is 2. The van der Waals surface area contributed by atoms with Crippen molar-refractivity contribution in [3.05, 3.63) is 29.0 Å². The molecule has 0 saturated carbocycles. The van der Waals surface area contributed by atoms with Gasteiger partial charge < -0.3 is 5.32 Å². The van der Waals surface area contributed by atoms with Gasteiger partial charge in [-0.3, -0.25) is 14.5 Å². The fraction of sp³-hybridized carbons (Fsp3) is 0.333. The van der Waals surface area contributed by atoms with Gasteiger partial charge in [0.05, 0.1) is 5.69 Å². The molecular formula is C12H12ClFN2O2. The number of piperazine rings is 1. The highest BCUT2D eigenvalue weighted by Crippen LogP contribution is 2.24. The van der Waals surface area contributed by atoms with Crippen molar-refractivity contribution in [2.45, 2.75) is 19.4 Å². The topological polar surface area (TPSA) is 49.4 Å². The molecule has 2 rings (SSSR count). The quantitative estimate of drug-likeness (QED) is 0.890. The molecule has 1 unspecified atom stereocenters. The second-order valence-corrected chi connectivity index (χ2v) is 4.48. The van der Waals surface area contributed by atoms with Gasteiger partial charge in [0, 0.05) is 5.02 Å². The summed E-state index contributed by atoms with van der Waals surface area (Å²) in [4.78, 5) is 24.7. The Morgan fingerprint density at radius 2 is 2.22 bits per heavy atom. The first-order valence-electron chi connectivity index (χ1n) is 5.58. The smallest absolute Gasteiger partial charge is 0.250 e. The van der Waals surface area contributed by atoms with Crippen molar-refractivity contribution in [1.29, 1.82) is 0 Å². The molecule has 1 fully saturated rings. The zero-order valence-corrected chi connectivity index (χ0v) is 10.5. The van der Waals surface area contributed by atoms with Crippen molar-refractivity contribution < 1.29 is 14.0 Å². The lowest BCUT2D eigenvalue weighted by atomic mass is 10.1. The molecule has 0 spiro atoms. The Balaban J connectivity index is 2.36. The van der Waals surface area contributed by atoms with E-state index in [9.17, 15) is 14.0 Å². The minimum Gasteiger partial charge on any atom is -0.343 e. The van der Waals surface area contributed by atoms with E-state index in [2.05, 4.69) is 5.32 Å². The lowest BCUT2D eigenvalue weighted by Crippen LogP contribution is -2.58. The second kappa shape index (κ2) is 4.94. The van der Waals surface area contributed by atoms with Crippen LogP contribution in [0.3, 0.4) is 0 Å². The number of benzene rings is 1. The summed E-state index contributed by atoms with van der Waals surface area (Å²) in [5, 5.41) is 2.82. The Labute approximate surface area is 109 Å². The Hall–Kier alpha value is -1.62. The van der Waals surface area contributed by atoms with Crippen LogP contribution in [0, 0.1) is 5.82 Å². The highest BCUT2D eigenvalue weighted by molar-refractivity contribution is 6.30. The van der Waals surface area contributed by atoms with Crippen LogP contribution in [0.5, 0.6) is 0 Å². The van der Waals surface area contributed by atoms with Gasteiger partial charge >= 0.3 is 0 Å². The largest absolute Gasteiger partial charge is 0.343 e. The van der Waals surface area contributed by atoms with Gasteiger partial charge in [0.1, 0.15) is 18.4 Å². The first kappa shape index (κ1) is 12.8. The summed E-state index contributed by atoms with van der Waals surface area (Å²) in [6.07, 6.45) is 0.469. The molecule has 1 aliphatic rings. The van der Waals surface area contributed by atoms with Gasteiger partial charge in [-0.1, -0.05) is 18.5 Å². The number of halogens is 2. The van der Waals surface area contributed by atoms with Crippen LogP contribution in [0.2, 0.25) is 5.02 Å². The Kier molecular flexibility index (Phi) is 3.52. The zero-order valence-electron chi connectivity index (χ0n) is 9.74. The second-order valence-electron chi connectivity index (χ2n) is 4.05. The number of carbonyl (C=O) groups is 2. The Morgan fingerprint density at radius 1 is 1.50 bits per heavy atom. The number of hydrogen-bond acceptors (Lipinski definition) is 2. The molecule has 1 aromatic rings. The van der Waals surface area contributed by atoms with Gasteiger partial charge in [-0.2, -0.15) is 0 Å². The zero-order chi connectivity index (χ0) is 13.3. The summed E-state index contributed by atoms with van der Waals surface area (Å²) in [6.45, 7) is 1.61. The predicted octanol–water partition coefficient (Wildman–Crippen LogP) is 1.72. The lowest BCUT2D eigenvalue weighted by molar-refractivity contribution is -0.131. The van der Waals surface area contributed by atoms with E-state index in [4.69, 9.17) is 11.6 Å². The summed E-state index contributed by atoms with van der Waals surface area (Å²) < 4.78 is 13.8. The van der Waals surface area contributed by atoms with Crippen molar-refractivity contribution >= 4 is 29.1 Å². The van der Waals surface area contributed by atoms with Crippen molar-refractivity contribution in [2.75, 3.05) is 11.4 Å². The van der Waals surface area contributed by atoms with Crippen LogP contribution in [-0.4, -0.2) is 24.4 Å². The van der Waals surface area contributed by atoms with Crippen molar-refractivity contribution in [3.63, 3.8) is 0 Å². The van der Waals surface area contributed by atoms with Crippen LogP contribution < -0.4 is 10.2 Å². The summed E-state index contributed by atoms with van der Waals surface area (Å²) in [7, 11) is 0. The molecule has 1 saturated heterocycles. The molecule has 0 aliphatic carbocycles. The Morgan fingerprint density at radius 3 is 2.83 bits per heavy atom. The molecule has 1 atom stereocenters. The average Bonchev–Trinajstić information content (AvgIpc) is 2.32. The molecule has 6 heteroatoms. The third kappa shape index (κ3) is 2.31. The van der Waals surface area contributed by atoms with Crippen LogP contribution in [0.4, 0.5) is 10.1 Å². The van der Waals surface area contributed by atoms with E-state index in [1.165, 1.54) is 12.1 Å². The third-order valence-electron chi connectivity index (χ3n) is 2.81. The van der Waals surface area contributed by atoms with Crippen LogP contribution in [0.1, 0.15) is 13.3 Å². The van der Waals surface area contributed by atoms with E-state index < -0.39 is 11.9 Å². The Bertz CT molecular complexity index is 507. The molecule has 4 nitrogen and oxygen atoms in total. The van der Waals surface area contributed by atoms with Crippen LogP contribution in [0.25, 0.3) is 0 Å². The fourth-order valence-electron chi connectivity index (χ4n) is 1.89.